The average molecular weight is 387 g/mol. The molecule has 1 fully saturated rings. The summed E-state index contributed by atoms with van der Waals surface area (Å²) in [7, 11) is 1.44. The van der Waals surface area contributed by atoms with Crippen LogP contribution in [0.3, 0.4) is 0 Å². The minimum absolute atomic E-state index is 0.149. The maximum atomic E-state index is 13.5. The minimum Gasteiger partial charge on any atom is -0.496 e. The summed E-state index contributed by atoms with van der Waals surface area (Å²) >= 11 is 1.57. The first-order valence-electron chi connectivity index (χ1n) is 8.52. The highest BCUT2D eigenvalue weighted by Crippen LogP contribution is 2.31. The number of hydrogen-bond acceptors (Lipinski definition) is 6. The van der Waals surface area contributed by atoms with E-state index < -0.39 is 11.7 Å². The van der Waals surface area contributed by atoms with E-state index in [2.05, 4.69) is 15.2 Å². The minimum atomic E-state index is -0.492. The van der Waals surface area contributed by atoms with Crippen LogP contribution in [0.5, 0.6) is 5.75 Å². The van der Waals surface area contributed by atoms with Crippen LogP contribution in [0, 0.1) is 5.82 Å². The molecule has 2 heterocycles. The van der Waals surface area contributed by atoms with Crippen molar-refractivity contribution in [3.05, 3.63) is 47.8 Å². The van der Waals surface area contributed by atoms with Crippen molar-refractivity contribution in [2.75, 3.05) is 43.6 Å². The standard InChI is InChI=1S/C19H18FN3O3S/c1-25-16-5-2-12(20)10-14(16)18(24)21-13-3-4-15-17(11-13)27-19(22-15)23-6-8-26-9-7-23/h2-5,10-11H,6-9H2,1H3,(H,21,24). The maximum absolute atomic E-state index is 13.5. The fourth-order valence-electron chi connectivity index (χ4n) is 2.94. The molecule has 1 aliphatic heterocycles. The predicted octanol–water partition coefficient (Wildman–Crippen LogP) is 3.53. The third-order valence-electron chi connectivity index (χ3n) is 4.32. The molecule has 2 aromatic carbocycles. The molecule has 1 N–H and O–H groups in total. The molecule has 8 heteroatoms. The summed E-state index contributed by atoms with van der Waals surface area (Å²) in [6.07, 6.45) is 0. The lowest BCUT2D eigenvalue weighted by molar-refractivity contribution is 0.102. The first-order chi connectivity index (χ1) is 13.1. The monoisotopic (exact) mass is 387 g/mol. The molecule has 0 bridgehead atoms. The highest BCUT2D eigenvalue weighted by Gasteiger charge is 2.17. The van der Waals surface area contributed by atoms with Crippen LogP contribution in [-0.2, 0) is 4.74 Å². The molecule has 0 unspecified atom stereocenters. The van der Waals surface area contributed by atoms with Gasteiger partial charge in [-0.3, -0.25) is 4.79 Å². The van der Waals surface area contributed by atoms with Crippen LogP contribution >= 0.6 is 11.3 Å². The summed E-state index contributed by atoms with van der Waals surface area (Å²) in [6, 6.07) is 9.39. The van der Waals surface area contributed by atoms with Crippen LogP contribution in [0.25, 0.3) is 10.2 Å². The van der Waals surface area contributed by atoms with Gasteiger partial charge in [-0.15, -0.1) is 0 Å². The third kappa shape index (κ3) is 3.72. The Kier molecular flexibility index (Phi) is 4.91. The largest absolute Gasteiger partial charge is 0.496 e. The molecular weight excluding hydrogens is 369 g/mol. The van der Waals surface area contributed by atoms with E-state index in [-0.39, 0.29) is 5.56 Å². The van der Waals surface area contributed by atoms with Gasteiger partial charge in [-0.05, 0) is 36.4 Å². The third-order valence-corrected chi connectivity index (χ3v) is 5.40. The van der Waals surface area contributed by atoms with Gasteiger partial charge in [0.05, 0.1) is 36.1 Å². The SMILES string of the molecule is COc1ccc(F)cc1C(=O)Nc1ccc2nc(N3CCOCC3)sc2c1. The summed E-state index contributed by atoms with van der Waals surface area (Å²) in [6.45, 7) is 3.05. The number of carbonyl (C=O) groups excluding carboxylic acids is 1. The van der Waals surface area contributed by atoms with E-state index in [1.165, 1.54) is 19.2 Å². The molecule has 0 atom stereocenters. The number of nitrogens with zero attached hydrogens (tertiary/aromatic N) is 2. The zero-order valence-corrected chi connectivity index (χ0v) is 15.5. The van der Waals surface area contributed by atoms with Crippen LogP contribution < -0.4 is 15.0 Å². The topological polar surface area (TPSA) is 63.7 Å². The van der Waals surface area contributed by atoms with E-state index >= 15 is 0 Å². The highest BCUT2D eigenvalue weighted by molar-refractivity contribution is 7.22. The molecule has 6 nitrogen and oxygen atoms in total. The van der Waals surface area contributed by atoms with Crippen molar-refractivity contribution in [3.8, 4) is 5.75 Å². The Morgan fingerprint density at radius 2 is 2.07 bits per heavy atom. The first-order valence-corrected chi connectivity index (χ1v) is 9.34. The van der Waals surface area contributed by atoms with E-state index in [0.29, 0.717) is 24.7 Å². The van der Waals surface area contributed by atoms with Crippen molar-refractivity contribution in [2.45, 2.75) is 0 Å². The van der Waals surface area contributed by atoms with Gasteiger partial charge in [0.2, 0.25) is 0 Å². The Labute approximate surface area is 159 Å². The second-order valence-electron chi connectivity index (χ2n) is 6.08. The van der Waals surface area contributed by atoms with Crippen molar-refractivity contribution in [1.29, 1.82) is 0 Å². The lowest BCUT2D eigenvalue weighted by atomic mass is 10.1. The van der Waals surface area contributed by atoms with Crippen molar-refractivity contribution >= 4 is 38.3 Å². The van der Waals surface area contributed by atoms with Gasteiger partial charge in [0.15, 0.2) is 5.13 Å². The van der Waals surface area contributed by atoms with E-state index in [4.69, 9.17) is 9.47 Å². The average Bonchev–Trinajstić information content (AvgIpc) is 3.12. The molecule has 4 rings (SSSR count). The number of methoxy groups -OCH3 is 1. The van der Waals surface area contributed by atoms with Crippen LogP contribution in [0.1, 0.15) is 10.4 Å². The lowest BCUT2D eigenvalue weighted by Gasteiger charge is -2.25. The number of morpholine rings is 1. The van der Waals surface area contributed by atoms with Crippen molar-refractivity contribution in [3.63, 3.8) is 0 Å². The van der Waals surface area contributed by atoms with Crippen LogP contribution in [0.4, 0.5) is 15.2 Å². The van der Waals surface area contributed by atoms with Gasteiger partial charge in [-0.1, -0.05) is 11.3 Å². The molecule has 0 aliphatic carbocycles. The van der Waals surface area contributed by atoms with Gasteiger partial charge < -0.3 is 19.7 Å². The number of anilines is 2. The molecule has 27 heavy (non-hydrogen) atoms. The quantitative estimate of drug-likeness (QED) is 0.742. The zero-order chi connectivity index (χ0) is 18.8. The molecule has 1 amide bonds. The second-order valence-corrected chi connectivity index (χ2v) is 7.09. The van der Waals surface area contributed by atoms with Crippen LogP contribution in [-0.4, -0.2) is 44.3 Å². The summed E-state index contributed by atoms with van der Waals surface area (Å²) in [5.41, 5.74) is 1.65. The van der Waals surface area contributed by atoms with E-state index in [1.54, 1.807) is 17.4 Å². The zero-order valence-electron chi connectivity index (χ0n) is 14.7. The maximum Gasteiger partial charge on any atom is 0.259 e. The van der Waals surface area contributed by atoms with E-state index in [1.807, 2.05) is 12.1 Å². The predicted molar refractivity (Wildman–Crippen MR) is 104 cm³/mol. The normalized spacial score (nSPS) is 14.4. The van der Waals surface area contributed by atoms with Crippen molar-refractivity contribution in [1.82, 2.24) is 4.98 Å². The number of halogens is 1. The number of rotatable bonds is 4. The first kappa shape index (κ1) is 17.7. The molecule has 1 aromatic heterocycles. The van der Waals surface area contributed by atoms with Crippen LogP contribution in [0.2, 0.25) is 0 Å². The van der Waals surface area contributed by atoms with Gasteiger partial charge in [0, 0.05) is 18.8 Å². The number of ether oxygens (including phenoxy) is 2. The van der Waals surface area contributed by atoms with Gasteiger partial charge in [-0.2, -0.15) is 0 Å². The van der Waals surface area contributed by atoms with Gasteiger partial charge in [0.25, 0.3) is 5.91 Å². The number of thiazole rings is 1. The van der Waals surface area contributed by atoms with E-state index in [0.717, 1.165) is 34.5 Å². The number of fused-ring (bicyclic) bond motifs is 1. The molecule has 1 aliphatic rings. The Bertz CT molecular complexity index is 985. The molecule has 1 saturated heterocycles. The number of benzene rings is 2. The summed E-state index contributed by atoms with van der Waals surface area (Å²) < 4.78 is 25.0. The molecule has 3 aromatic rings. The van der Waals surface area contributed by atoms with Crippen molar-refractivity contribution < 1.29 is 18.7 Å². The highest BCUT2D eigenvalue weighted by atomic mass is 32.1. The fraction of sp³-hybridized carbons (Fsp3) is 0.263. The van der Waals surface area contributed by atoms with Crippen LogP contribution in [0.15, 0.2) is 36.4 Å². The Balaban J connectivity index is 1.57. The Hall–Kier alpha value is -2.71. The lowest BCUT2D eigenvalue weighted by Crippen LogP contribution is -2.36. The molecule has 0 saturated carbocycles. The molecule has 0 spiro atoms. The number of amides is 1. The van der Waals surface area contributed by atoms with Crippen molar-refractivity contribution in [2.24, 2.45) is 0 Å². The number of aromatic nitrogens is 1. The van der Waals surface area contributed by atoms with Gasteiger partial charge in [-0.25, -0.2) is 9.37 Å². The summed E-state index contributed by atoms with van der Waals surface area (Å²) in [5, 5.41) is 3.75. The van der Waals surface area contributed by atoms with Gasteiger partial charge >= 0.3 is 0 Å². The number of hydrogen-bond donors (Lipinski definition) is 1. The smallest absolute Gasteiger partial charge is 0.259 e. The number of carbonyl (C=O) groups is 1. The Morgan fingerprint density at radius 3 is 2.85 bits per heavy atom. The molecule has 140 valence electrons. The molecular formula is C19H18FN3O3S. The second kappa shape index (κ2) is 7.50. The summed E-state index contributed by atoms with van der Waals surface area (Å²) in [5.74, 6) is -0.597. The Morgan fingerprint density at radius 1 is 1.26 bits per heavy atom. The fourth-order valence-corrected chi connectivity index (χ4v) is 3.99. The van der Waals surface area contributed by atoms with Gasteiger partial charge in [0.1, 0.15) is 11.6 Å². The van der Waals surface area contributed by atoms with E-state index in [9.17, 15) is 9.18 Å². The number of nitrogens with one attached hydrogen (secondary N) is 1. The summed E-state index contributed by atoms with van der Waals surface area (Å²) in [4.78, 5) is 19.4. The molecule has 0 radical (unpaired) electrons.